The zero-order chi connectivity index (χ0) is 20.1. The van der Waals surface area contributed by atoms with Crippen LogP contribution in [0.3, 0.4) is 0 Å². The molecular formula is C20H21FN2O4S. The number of amides is 3. The first kappa shape index (κ1) is 20.0. The number of anilines is 1. The van der Waals surface area contributed by atoms with Crippen molar-refractivity contribution >= 4 is 34.2 Å². The van der Waals surface area contributed by atoms with Crippen molar-refractivity contribution in [3.05, 3.63) is 51.7 Å². The molecule has 0 atom stereocenters. The SMILES string of the molecule is CCOC(=O)NC(=O)c1c(NC(=O)c2ccc(F)cc2)sc2c1CCCCC2. The van der Waals surface area contributed by atoms with Gasteiger partial charge in [-0.1, -0.05) is 6.42 Å². The van der Waals surface area contributed by atoms with Gasteiger partial charge in [0.15, 0.2) is 0 Å². The molecule has 0 saturated carbocycles. The van der Waals surface area contributed by atoms with Crippen molar-refractivity contribution in [2.24, 2.45) is 0 Å². The highest BCUT2D eigenvalue weighted by atomic mass is 32.1. The first-order valence-corrected chi connectivity index (χ1v) is 10.0. The molecule has 1 aromatic carbocycles. The van der Waals surface area contributed by atoms with Crippen molar-refractivity contribution in [2.45, 2.75) is 39.0 Å². The second-order valence-electron chi connectivity index (χ2n) is 6.40. The number of thiophene rings is 1. The Bertz CT molecular complexity index is 892. The summed E-state index contributed by atoms with van der Waals surface area (Å²) in [6.07, 6.45) is 3.73. The Hall–Kier alpha value is -2.74. The molecule has 2 N–H and O–H groups in total. The number of hydrogen-bond donors (Lipinski definition) is 2. The molecule has 0 saturated heterocycles. The lowest BCUT2D eigenvalue weighted by atomic mass is 10.0. The van der Waals surface area contributed by atoms with Crippen LogP contribution in [0.4, 0.5) is 14.2 Å². The fourth-order valence-corrected chi connectivity index (χ4v) is 4.45. The molecule has 2 aromatic rings. The molecule has 3 amide bonds. The molecular weight excluding hydrogens is 383 g/mol. The van der Waals surface area contributed by atoms with Crippen LogP contribution in [0.15, 0.2) is 24.3 Å². The van der Waals surface area contributed by atoms with E-state index in [2.05, 4.69) is 10.6 Å². The van der Waals surface area contributed by atoms with Gasteiger partial charge in [0.1, 0.15) is 10.8 Å². The summed E-state index contributed by atoms with van der Waals surface area (Å²) in [6, 6.07) is 5.16. The van der Waals surface area contributed by atoms with Crippen LogP contribution < -0.4 is 10.6 Å². The molecule has 0 spiro atoms. The van der Waals surface area contributed by atoms with Crippen molar-refractivity contribution in [1.29, 1.82) is 0 Å². The molecule has 8 heteroatoms. The van der Waals surface area contributed by atoms with E-state index in [1.165, 1.54) is 35.6 Å². The molecule has 0 radical (unpaired) electrons. The Morgan fingerprint density at radius 3 is 2.50 bits per heavy atom. The van der Waals surface area contributed by atoms with Crippen LogP contribution >= 0.6 is 11.3 Å². The first-order chi connectivity index (χ1) is 13.5. The van der Waals surface area contributed by atoms with Crippen molar-refractivity contribution in [2.75, 3.05) is 11.9 Å². The molecule has 148 valence electrons. The maximum absolute atomic E-state index is 13.1. The topological polar surface area (TPSA) is 84.5 Å². The van der Waals surface area contributed by atoms with E-state index in [0.29, 0.717) is 17.0 Å². The van der Waals surface area contributed by atoms with Crippen molar-refractivity contribution in [3.8, 4) is 0 Å². The lowest BCUT2D eigenvalue weighted by Gasteiger charge is -2.09. The predicted molar refractivity (Wildman–Crippen MR) is 104 cm³/mol. The smallest absolute Gasteiger partial charge is 0.414 e. The van der Waals surface area contributed by atoms with E-state index in [9.17, 15) is 18.8 Å². The van der Waals surface area contributed by atoms with Gasteiger partial charge in [0, 0.05) is 10.4 Å². The van der Waals surface area contributed by atoms with Gasteiger partial charge in [-0.15, -0.1) is 11.3 Å². The average molecular weight is 404 g/mol. The van der Waals surface area contributed by atoms with E-state index in [1.807, 2.05) is 0 Å². The Balaban J connectivity index is 1.91. The van der Waals surface area contributed by atoms with Crippen molar-refractivity contribution in [3.63, 3.8) is 0 Å². The minimum atomic E-state index is -0.822. The number of fused-ring (bicyclic) bond motifs is 1. The van der Waals surface area contributed by atoms with Gasteiger partial charge in [-0.05, 0) is 62.4 Å². The van der Waals surface area contributed by atoms with Gasteiger partial charge in [-0.3, -0.25) is 14.9 Å². The van der Waals surface area contributed by atoms with Crippen molar-refractivity contribution in [1.82, 2.24) is 5.32 Å². The highest BCUT2D eigenvalue weighted by molar-refractivity contribution is 7.17. The number of halogens is 1. The minimum absolute atomic E-state index is 0.148. The summed E-state index contributed by atoms with van der Waals surface area (Å²) in [5.74, 6) is -1.47. The standard InChI is InChI=1S/C20H21FN2O4S/c1-2-27-20(26)23-18(25)16-14-6-4-3-5-7-15(14)28-19(16)22-17(24)12-8-10-13(21)11-9-12/h8-11H,2-7H2,1H3,(H,22,24)(H,23,25,26). The molecule has 1 aliphatic carbocycles. The molecule has 0 fully saturated rings. The third kappa shape index (κ3) is 4.56. The summed E-state index contributed by atoms with van der Waals surface area (Å²) < 4.78 is 17.9. The molecule has 0 unspecified atom stereocenters. The van der Waals surface area contributed by atoms with E-state index in [4.69, 9.17) is 4.74 Å². The summed E-state index contributed by atoms with van der Waals surface area (Å²) >= 11 is 1.35. The van der Waals surface area contributed by atoms with Crippen molar-refractivity contribution < 1.29 is 23.5 Å². The zero-order valence-corrected chi connectivity index (χ0v) is 16.3. The normalized spacial score (nSPS) is 13.2. The van der Waals surface area contributed by atoms with Crippen LogP contribution in [-0.4, -0.2) is 24.5 Å². The van der Waals surface area contributed by atoms with E-state index in [1.54, 1.807) is 6.92 Å². The molecule has 6 nitrogen and oxygen atoms in total. The van der Waals surface area contributed by atoms with Crippen LogP contribution in [0.2, 0.25) is 0 Å². The summed E-state index contributed by atoms with van der Waals surface area (Å²) in [7, 11) is 0. The number of carbonyl (C=O) groups is 3. The number of carbonyl (C=O) groups excluding carboxylic acids is 3. The second-order valence-corrected chi connectivity index (χ2v) is 7.51. The maximum atomic E-state index is 13.1. The Kier molecular flexibility index (Phi) is 6.41. The van der Waals surface area contributed by atoms with E-state index >= 15 is 0 Å². The number of benzene rings is 1. The molecule has 3 rings (SSSR count). The van der Waals surface area contributed by atoms with Gasteiger partial charge in [0.25, 0.3) is 11.8 Å². The number of ether oxygens (including phenoxy) is 1. The summed E-state index contributed by atoms with van der Waals surface area (Å²) in [5.41, 5.74) is 1.46. The maximum Gasteiger partial charge on any atom is 0.414 e. The Morgan fingerprint density at radius 2 is 1.79 bits per heavy atom. The molecule has 28 heavy (non-hydrogen) atoms. The van der Waals surface area contributed by atoms with Gasteiger partial charge in [-0.2, -0.15) is 0 Å². The molecule has 1 aromatic heterocycles. The highest BCUT2D eigenvalue weighted by Crippen LogP contribution is 2.37. The fourth-order valence-electron chi connectivity index (χ4n) is 3.17. The minimum Gasteiger partial charge on any atom is -0.450 e. The summed E-state index contributed by atoms with van der Waals surface area (Å²) in [5, 5.41) is 5.37. The van der Waals surface area contributed by atoms with Gasteiger partial charge < -0.3 is 10.1 Å². The number of aryl methyl sites for hydroxylation is 1. The van der Waals surface area contributed by atoms with Gasteiger partial charge >= 0.3 is 6.09 Å². The van der Waals surface area contributed by atoms with Crippen LogP contribution in [0.25, 0.3) is 0 Å². The van der Waals surface area contributed by atoms with Crippen LogP contribution in [0.5, 0.6) is 0 Å². The average Bonchev–Trinajstić information content (AvgIpc) is 2.83. The quantitative estimate of drug-likeness (QED) is 0.745. The lowest BCUT2D eigenvalue weighted by molar-refractivity contribution is 0.0925. The molecule has 0 bridgehead atoms. The molecule has 0 aliphatic heterocycles. The zero-order valence-electron chi connectivity index (χ0n) is 15.5. The van der Waals surface area contributed by atoms with Crippen LogP contribution in [0, 0.1) is 5.82 Å². The van der Waals surface area contributed by atoms with Gasteiger partial charge in [0.2, 0.25) is 0 Å². The third-order valence-electron chi connectivity index (χ3n) is 4.47. The fraction of sp³-hybridized carbons (Fsp3) is 0.350. The molecule has 1 heterocycles. The summed E-state index contributed by atoms with van der Waals surface area (Å²) in [6.45, 7) is 1.80. The van der Waals surface area contributed by atoms with Crippen LogP contribution in [-0.2, 0) is 17.6 Å². The van der Waals surface area contributed by atoms with Crippen LogP contribution in [0.1, 0.15) is 57.3 Å². The van der Waals surface area contributed by atoms with E-state index < -0.39 is 23.7 Å². The number of nitrogens with one attached hydrogen (secondary N) is 2. The number of alkyl carbamates (subject to hydrolysis) is 1. The van der Waals surface area contributed by atoms with E-state index in [-0.39, 0.29) is 12.2 Å². The second kappa shape index (κ2) is 8.97. The van der Waals surface area contributed by atoms with E-state index in [0.717, 1.165) is 36.1 Å². The highest BCUT2D eigenvalue weighted by Gasteiger charge is 2.27. The Morgan fingerprint density at radius 1 is 1.07 bits per heavy atom. The first-order valence-electron chi connectivity index (χ1n) is 9.19. The molecule has 1 aliphatic rings. The van der Waals surface area contributed by atoms with Gasteiger partial charge in [-0.25, -0.2) is 9.18 Å². The number of hydrogen-bond acceptors (Lipinski definition) is 5. The number of rotatable bonds is 4. The Labute approximate surface area is 166 Å². The lowest BCUT2D eigenvalue weighted by Crippen LogP contribution is -2.32. The van der Waals surface area contributed by atoms with Gasteiger partial charge in [0.05, 0.1) is 12.2 Å². The monoisotopic (exact) mass is 404 g/mol. The predicted octanol–water partition coefficient (Wildman–Crippen LogP) is 4.29. The largest absolute Gasteiger partial charge is 0.450 e. The third-order valence-corrected chi connectivity index (χ3v) is 5.68. The number of imide groups is 1. The summed E-state index contributed by atoms with van der Waals surface area (Å²) in [4.78, 5) is 38.0.